The van der Waals surface area contributed by atoms with E-state index in [9.17, 15) is 18.0 Å². The lowest BCUT2D eigenvalue weighted by Gasteiger charge is -2.33. The van der Waals surface area contributed by atoms with Gasteiger partial charge in [-0.3, -0.25) is 13.9 Å². The molecule has 2 aromatic carbocycles. The number of hydrogen-bond donors (Lipinski definition) is 1. The van der Waals surface area contributed by atoms with E-state index < -0.39 is 28.5 Å². The number of halogens is 2. The number of hydrogen-bond acceptors (Lipinski definition) is 4. The Bertz CT molecular complexity index is 1050. The number of carbonyl (C=O) groups excluding carboxylic acids is 2. The molecular formula is C22H27Cl2N3O4S. The molecule has 1 atom stereocenters. The fraction of sp³-hybridized carbons (Fsp3) is 0.364. The van der Waals surface area contributed by atoms with Crippen LogP contribution < -0.4 is 9.62 Å². The van der Waals surface area contributed by atoms with Gasteiger partial charge in [0, 0.05) is 23.1 Å². The summed E-state index contributed by atoms with van der Waals surface area (Å²) in [7, 11) is -3.79. The molecule has 0 radical (unpaired) electrons. The van der Waals surface area contributed by atoms with Crippen molar-refractivity contribution >= 4 is 50.7 Å². The first-order valence-corrected chi connectivity index (χ1v) is 12.7. The highest BCUT2D eigenvalue weighted by molar-refractivity contribution is 7.92. The molecule has 2 amide bonds. The smallest absolute Gasteiger partial charge is 0.244 e. The molecule has 0 spiro atoms. The summed E-state index contributed by atoms with van der Waals surface area (Å²) in [6.45, 7) is 3.58. The highest BCUT2D eigenvalue weighted by atomic mass is 35.5. The third kappa shape index (κ3) is 6.85. The largest absolute Gasteiger partial charge is 0.355 e. The minimum Gasteiger partial charge on any atom is -0.355 e. The zero-order chi connectivity index (χ0) is 23.9. The fourth-order valence-corrected chi connectivity index (χ4v) is 4.41. The summed E-state index contributed by atoms with van der Waals surface area (Å²) in [4.78, 5) is 27.5. The molecule has 1 N–H and O–H groups in total. The maximum Gasteiger partial charge on any atom is 0.244 e. The molecule has 174 valence electrons. The Morgan fingerprint density at radius 2 is 1.66 bits per heavy atom. The number of carbonyl (C=O) groups is 2. The van der Waals surface area contributed by atoms with E-state index in [0.29, 0.717) is 34.3 Å². The minimum absolute atomic E-state index is 0.0619. The number of benzene rings is 2. The highest BCUT2D eigenvalue weighted by Gasteiger charge is 2.31. The van der Waals surface area contributed by atoms with Crippen molar-refractivity contribution in [2.24, 2.45) is 0 Å². The lowest BCUT2D eigenvalue weighted by atomic mass is 10.1. The normalized spacial score (nSPS) is 12.2. The molecule has 0 fully saturated rings. The summed E-state index contributed by atoms with van der Waals surface area (Å²) in [5.74, 6) is -0.837. The molecule has 0 aliphatic carbocycles. The van der Waals surface area contributed by atoms with E-state index in [0.717, 1.165) is 10.6 Å². The lowest BCUT2D eigenvalue weighted by Crippen LogP contribution is -2.52. The molecule has 0 saturated carbocycles. The first-order valence-electron chi connectivity index (χ1n) is 10.1. The summed E-state index contributed by atoms with van der Waals surface area (Å²) in [6.07, 6.45) is 1.37. The zero-order valence-corrected chi connectivity index (χ0v) is 20.5. The van der Waals surface area contributed by atoms with Gasteiger partial charge in [-0.2, -0.15) is 0 Å². The van der Waals surface area contributed by atoms with Crippen molar-refractivity contribution < 1.29 is 18.0 Å². The van der Waals surface area contributed by atoms with E-state index in [-0.39, 0.29) is 12.5 Å². The van der Waals surface area contributed by atoms with Crippen molar-refractivity contribution in [3.05, 3.63) is 64.1 Å². The van der Waals surface area contributed by atoms with Crippen LogP contribution in [0.25, 0.3) is 0 Å². The SMILES string of the molecule is CCNC(=O)[C@H](CC)N(Cc1ccccc1Cl)C(=O)CN(c1ccc(Cl)cc1)S(C)(=O)=O. The van der Waals surface area contributed by atoms with Gasteiger partial charge >= 0.3 is 0 Å². The third-order valence-electron chi connectivity index (χ3n) is 4.83. The predicted molar refractivity (Wildman–Crippen MR) is 128 cm³/mol. The summed E-state index contributed by atoms with van der Waals surface area (Å²) in [5, 5.41) is 3.63. The van der Waals surface area contributed by atoms with Crippen molar-refractivity contribution in [2.45, 2.75) is 32.9 Å². The van der Waals surface area contributed by atoms with Gasteiger partial charge in [0.1, 0.15) is 12.6 Å². The van der Waals surface area contributed by atoms with Crippen LogP contribution in [-0.4, -0.2) is 50.5 Å². The fourth-order valence-electron chi connectivity index (χ4n) is 3.24. The number of nitrogens with zero attached hydrogens (tertiary/aromatic N) is 2. The summed E-state index contributed by atoms with van der Waals surface area (Å²) >= 11 is 12.2. The lowest BCUT2D eigenvalue weighted by molar-refractivity contribution is -0.140. The Morgan fingerprint density at radius 1 is 1.03 bits per heavy atom. The molecule has 32 heavy (non-hydrogen) atoms. The average molecular weight is 500 g/mol. The molecule has 2 rings (SSSR count). The predicted octanol–water partition coefficient (Wildman–Crippen LogP) is 3.70. The number of amides is 2. The van der Waals surface area contributed by atoms with E-state index >= 15 is 0 Å². The van der Waals surface area contributed by atoms with Crippen molar-refractivity contribution in [3.63, 3.8) is 0 Å². The standard InChI is InChI=1S/C22H27Cl2N3O4S/c1-4-20(22(29)25-5-2)26(14-16-8-6-7-9-19(16)24)21(28)15-27(32(3,30)31)18-12-10-17(23)11-13-18/h6-13,20H,4-5,14-15H2,1-3H3,(H,25,29)/t20-/m0/s1. The molecule has 0 aromatic heterocycles. The second-order valence-electron chi connectivity index (χ2n) is 7.18. The Labute approximate surface area is 199 Å². The summed E-state index contributed by atoms with van der Waals surface area (Å²) in [5.41, 5.74) is 0.955. The highest BCUT2D eigenvalue weighted by Crippen LogP contribution is 2.23. The number of likely N-dealkylation sites (N-methyl/N-ethyl adjacent to an activating group) is 1. The van der Waals surface area contributed by atoms with Gasteiger partial charge in [0.15, 0.2) is 0 Å². The molecule has 0 aliphatic rings. The van der Waals surface area contributed by atoms with Crippen molar-refractivity contribution in [2.75, 3.05) is 23.7 Å². The molecule has 0 aliphatic heterocycles. The maximum absolute atomic E-state index is 13.4. The molecule has 7 nitrogen and oxygen atoms in total. The van der Waals surface area contributed by atoms with Gasteiger partial charge in [0.25, 0.3) is 0 Å². The third-order valence-corrected chi connectivity index (χ3v) is 6.59. The van der Waals surface area contributed by atoms with Gasteiger partial charge < -0.3 is 10.2 Å². The van der Waals surface area contributed by atoms with Gasteiger partial charge in [0.05, 0.1) is 11.9 Å². The van der Waals surface area contributed by atoms with E-state index in [2.05, 4.69) is 5.32 Å². The van der Waals surface area contributed by atoms with Crippen LogP contribution in [0.1, 0.15) is 25.8 Å². The number of sulfonamides is 1. The van der Waals surface area contributed by atoms with E-state index in [1.165, 1.54) is 17.0 Å². The first kappa shape index (κ1) is 26.0. The monoisotopic (exact) mass is 499 g/mol. The van der Waals surface area contributed by atoms with Gasteiger partial charge in [0.2, 0.25) is 21.8 Å². The second-order valence-corrected chi connectivity index (χ2v) is 9.93. The maximum atomic E-state index is 13.4. The van der Waals surface area contributed by atoms with Crippen molar-refractivity contribution in [1.82, 2.24) is 10.2 Å². The average Bonchev–Trinajstić information content (AvgIpc) is 2.73. The minimum atomic E-state index is -3.79. The topological polar surface area (TPSA) is 86.8 Å². The van der Waals surface area contributed by atoms with Gasteiger partial charge in [-0.05, 0) is 49.2 Å². The van der Waals surface area contributed by atoms with Gasteiger partial charge in [-0.25, -0.2) is 8.42 Å². The van der Waals surface area contributed by atoms with Gasteiger partial charge in [-0.15, -0.1) is 0 Å². The van der Waals surface area contributed by atoms with Crippen molar-refractivity contribution in [3.8, 4) is 0 Å². The molecule has 2 aromatic rings. The summed E-state index contributed by atoms with van der Waals surface area (Å²) < 4.78 is 26.0. The summed E-state index contributed by atoms with van der Waals surface area (Å²) in [6, 6.07) is 12.4. The molecule has 0 saturated heterocycles. The Kier molecular flexibility index (Phi) is 9.36. The second kappa shape index (κ2) is 11.5. The van der Waals surface area contributed by atoms with E-state index in [4.69, 9.17) is 23.2 Å². The molecule has 0 heterocycles. The van der Waals surface area contributed by atoms with Crippen LogP contribution in [0.3, 0.4) is 0 Å². The van der Waals surface area contributed by atoms with Gasteiger partial charge in [-0.1, -0.05) is 48.3 Å². The van der Waals surface area contributed by atoms with Crippen LogP contribution in [0.4, 0.5) is 5.69 Å². The van der Waals surface area contributed by atoms with Crippen molar-refractivity contribution in [1.29, 1.82) is 0 Å². The number of rotatable bonds is 10. The molecule has 10 heteroatoms. The van der Waals surface area contributed by atoms with Crippen LogP contribution in [0.15, 0.2) is 48.5 Å². The van der Waals surface area contributed by atoms with Crippen LogP contribution in [-0.2, 0) is 26.2 Å². The Morgan fingerprint density at radius 3 is 2.19 bits per heavy atom. The number of nitrogens with one attached hydrogen (secondary N) is 1. The van der Waals surface area contributed by atoms with Crippen LogP contribution in [0, 0.1) is 0 Å². The van der Waals surface area contributed by atoms with E-state index in [1.54, 1.807) is 50.2 Å². The quantitative estimate of drug-likeness (QED) is 0.539. The molecular weight excluding hydrogens is 473 g/mol. The molecule has 0 unspecified atom stereocenters. The Balaban J connectivity index is 2.43. The van der Waals surface area contributed by atoms with Crippen LogP contribution in [0.2, 0.25) is 10.0 Å². The number of anilines is 1. The Hall–Kier alpha value is -2.29. The van der Waals surface area contributed by atoms with Crippen LogP contribution >= 0.6 is 23.2 Å². The van der Waals surface area contributed by atoms with E-state index in [1.807, 2.05) is 0 Å². The molecule has 0 bridgehead atoms. The first-order chi connectivity index (χ1) is 15.1. The zero-order valence-electron chi connectivity index (χ0n) is 18.2. The van der Waals surface area contributed by atoms with Crippen LogP contribution in [0.5, 0.6) is 0 Å².